The molecule has 0 saturated carbocycles. The Hall–Kier alpha value is -4.57. The first-order valence-electron chi connectivity index (χ1n) is 12.1. The topological polar surface area (TPSA) is 126 Å². The van der Waals surface area contributed by atoms with Crippen LogP contribution in [0.15, 0.2) is 65.8 Å². The maximum atomic E-state index is 12.9. The van der Waals surface area contributed by atoms with Crippen LogP contribution >= 0.6 is 0 Å². The summed E-state index contributed by atoms with van der Waals surface area (Å²) < 4.78 is 5.47. The van der Waals surface area contributed by atoms with Gasteiger partial charge < -0.3 is 10.1 Å². The molecule has 198 valence electrons. The third-order valence-electron chi connectivity index (χ3n) is 6.05. The van der Waals surface area contributed by atoms with Crippen molar-refractivity contribution in [3.63, 3.8) is 0 Å². The van der Waals surface area contributed by atoms with Gasteiger partial charge >= 0.3 is 0 Å². The highest BCUT2D eigenvalue weighted by atomic mass is 16.6. The summed E-state index contributed by atoms with van der Waals surface area (Å²) in [6.07, 6.45) is 1.44. The maximum Gasteiger partial charge on any atom is 0.273 e. The fourth-order valence-corrected chi connectivity index (χ4v) is 3.76. The van der Waals surface area contributed by atoms with Gasteiger partial charge in [0.2, 0.25) is 0 Å². The van der Waals surface area contributed by atoms with E-state index in [9.17, 15) is 19.7 Å². The second-order valence-corrected chi connectivity index (χ2v) is 8.52. The number of aryl methyl sites for hydroxylation is 1. The zero-order valence-corrected chi connectivity index (χ0v) is 21.9. The van der Waals surface area contributed by atoms with Gasteiger partial charge in [-0.3, -0.25) is 24.6 Å². The highest BCUT2D eigenvalue weighted by Gasteiger charge is 2.15. The summed E-state index contributed by atoms with van der Waals surface area (Å²) in [6, 6.07) is 16.5. The normalized spacial score (nSPS) is 11.0. The average molecular weight is 518 g/mol. The minimum absolute atomic E-state index is 0.131. The first kappa shape index (κ1) is 28.0. The minimum Gasteiger partial charge on any atom is -0.496 e. The first-order chi connectivity index (χ1) is 18.2. The van der Waals surface area contributed by atoms with E-state index < -0.39 is 10.8 Å². The maximum absolute atomic E-state index is 12.9. The van der Waals surface area contributed by atoms with Gasteiger partial charge in [-0.2, -0.15) is 5.10 Å². The second kappa shape index (κ2) is 13.1. The first-order valence-corrected chi connectivity index (χ1v) is 12.1. The molecule has 0 aliphatic carbocycles. The SMILES string of the molecule is CCN(CC)Cc1cc(C(=O)Nc2ccc(/C=N\NC(=O)c3ccc(C)c([N+](=O)[O-])c3)cc2)ccc1OC. The van der Waals surface area contributed by atoms with Crippen LogP contribution in [-0.2, 0) is 6.54 Å². The molecule has 3 rings (SSSR count). The lowest BCUT2D eigenvalue weighted by Gasteiger charge is -2.20. The van der Waals surface area contributed by atoms with Gasteiger partial charge in [-0.25, -0.2) is 5.43 Å². The van der Waals surface area contributed by atoms with Crippen LogP contribution in [0, 0.1) is 17.0 Å². The minimum atomic E-state index is -0.562. The number of rotatable bonds is 11. The van der Waals surface area contributed by atoms with E-state index in [2.05, 4.69) is 34.6 Å². The van der Waals surface area contributed by atoms with E-state index in [1.54, 1.807) is 50.4 Å². The Bertz CT molecular complexity index is 1330. The molecule has 0 aromatic heterocycles. The number of benzene rings is 3. The molecule has 0 unspecified atom stereocenters. The van der Waals surface area contributed by atoms with Crippen molar-refractivity contribution in [2.75, 3.05) is 25.5 Å². The molecule has 3 aromatic carbocycles. The Kier molecular flexibility index (Phi) is 9.66. The summed E-state index contributed by atoms with van der Waals surface area (Å²) in [4.78, 5) is 37.9. The fourth-order valence-electron chi connectivity index (χ4n) is 3.76. The smallest absolute Gasteiger partial charge is 0.273 e. The van der Waals surface area contributed by atoms with Crippen molar-refractivity contribution in [3.8, 4) is 5.75 Å². The van der Waals surface area contributed by atoms with E-state index in [0.717, 1.165) is 24.4 Å². The molecule has 10 heteroatoms. The highest BCUT2D eigenvalue weighted by Crippen LogP contribution is 2.23. The number of methoxy groups -OCH3 is 1. The van der Waals surface area contributed by atoms with E-state index in [4.69, 9.17) is 4.74 Å². The fraction of sp³-hybridized carbons (Fsp3) is 0.250. The van der Waals surface area contributed by atoms with Gasteiger partial charge in [0.05, 0.1) is 18.2 Å². The van der Waals surface area contributed by atoms with Gasteiger partial charge in [-0.05, 0) is 62.0 Å². The summed E-state index contributed by atoms with van der Waals surface area (Å²) in [5, 5.41) is 17.9. The lowest BCUT2D eigenvalue weighted by molar-refractivity contribution is -0.385. The van der Waals surface area contributed by atoms with Gasteiger partial charge in [0.15, 0.2) is 0 Å². The Labute approximate surface area is 221 Å². The quantitative estimate of drug-likeness (QED) is 0.214. The zero-order chi connectivity index (χ0) is 27.7. The molecule has 3 aromatic rings. The lowest BCUT2D eigenvalue weighted by Crippen LogP contribution is -2.23. The molecule has 0 atom stereocenters. The van der Waals surface area contributed by atoms with Crippen molar-refractivity contribution >= 4 is 29.4 Å². The molecular weight excluding hydrogens is 486 g/mol. The number of carbonyl (C=O) groups excluding carboxylic acids is 2. The Morgan fingerprint density at radius 1 is 1.00 bits per heavy atom. The predicted octanol–water partition coefficient (Wildman–Crippen LogP) is 4.77. The van der Waals surface area contributed by atoms with Crippen LogP contribution in [0.5, 0.6) is 5.75 Å². The van der Waals surface area contributed by atoms with Crippen molar-refractivity contribution in [1.29, 1.82) is 0 Å². The van der Waals surface area contributed by atoms with Crippen molar-refractivity contribution in [2.24, 2.45) is 5.10 Å². The second-order valence-electron chi connectivity index (χ2n) is 8.52. The van der Waals surface area contributed by atoms with Crippen molar-refractivity contribution in [3.05, 3.63) is 98.6 Å². The van der Waals surface area contributed by atoms with Crippen LogP contribution in [0.25, 0.3) is 0 Å². The standard InChI is InChI=1S/C28H31N5O5/c1-5-32(6-2)18-23-15-21(11-14-26(23)38-4)27(34)30-24-12-8-20(9-13-24)17-29-31-28(35)22-10-7-19(3)25(16-22)33(36)37/h7-17H,5-6,18H2,1-4H3,(H,30,34)(H,31,35)/b29-17-. The van der Waals surface area contributed by atoms with E-state index >= 15 is 0 Å². The molecule has 0 aliphatic heterocycles. The Balaban J connectivity index is 1.62. The van der Waals surface area contributed by atoms with Crippen LogP contribution in [-0.4, -0.2) is 48.1 Å². The molecule has 0 radical (unpaired) electrons. The van der Waals surface area contributed by atoms with Crippen LogP contribution in [0.1, 0.15) is 51.3 Å². The molecular formula is C28H31N5O5. The molecule has 2 amide bonds. The van der Waals surface area contributed by atoms with E-state index in [0.29, 0.717) is 28.9 Å². The number of carbonyl (C=O) groups is 2. The number of hydrazone groups is 1. The highest BCUT2D eigenvalue weighted by molar-refractivity contribution is 6.04. The van der Waals surface area contributed by atoms with E-state index in [1.165, 1.54) is 24.4 Å². The third-order valence-corrected chi connectivity index (χ3v) is 6.05. The zero-order valence-electron chi connectivity index (χ0n) is 21.9. The number of nitro groups is 1. The summed E-state index contributed by atoms with van der Waals surface area (Å²) in [7, 11) is 1.62. The number of ether oxygens (including phenoxy) is 1. The van der Waals surface area contributed by atoms with E-state index in [-0.39, 0.29) is 17.2 Å². The molecule has 0 bridgehead atoms. The van der Waals surface area contributed by atoms with Gasteiger partial charge in [0, 0.05) is 40.6 Å². The Morgan fingerprint density at radius 2 is 1.66 bits per heavy atom. The number of hydrogen-bond donors (Lipinski definition) is 2. The number of nitrogens with zero attached hydrogens (tertiary/aromatic N) is 3. The van der Waals surface area contributed by atoms with Crippen molar-refractivity contribution in [2.45, 2.75) is 27.3 Å². The number of nitro benzene ring substituents is 1. The van der Waals surface area contributed by atoms with Gasteiger partial charge in [0.1, 0.15) is 5.75 Å². The average Bonchev–Trinajstić information content (AvgIpc) is 2.92. The predicted molar refractivity (Wildman–Crippen MR) is 147 cm³/mol. The van der Waals surface area contributed by atoms with Gasteiger partial charge in [-0.15, -0.1) is 0 Å². The van der Waals surface area contributed by atoms with Crippen molar-refractivity contribution < 1.29 is 19.2 Å². The molecule has 10 nitrogen and oxygen atoms in total. The summed E-state index contributed by atoms with van der Waals surface area (Å²) in [6.45, 7) is 8.25. The molecule has 0 heterocycles. The summed E-state index contributed by atoms with van der Waals surface area (Å²) in [5.74, 6) is -0.0628. The number of nitrogens with one attached hydrogen (secondary N) is 2. The molecule has 0 saturated heterocycles. The molecule has 0 spiro atoms. The summed E-state index contributed by atoms with van der Waals surface area (Å²) >= 11 is 0. The molecule has 38 heavy (non-hydrogen) atoms. The molecule has 0 aliphatic rings. The van der Waals surface area contributed by atoms with Crippen LogP contribution < -0.4 is 15.5 Å². The summed E-state index contributed by atoms with van der Waals surface area (Å²) in [5.41, 5.74) is 5.59. The lowest BCUT2D eigenvalue weighted by atomic mass is 10.1. The van der Waals surface area contributed by atoms with Crippen molar-refractivity contribution in [1.82, 2.24) is 10.3 Å². The van der Waals surface area contributed by atoms with Crippen LogP contribution in [0.2, 0.25) is 0 Å². The van der Waals surface area contributed by atoms with E-state index in [1.807, 2.05) is 6.07 Å². The van der Waals surface area contributed by atoms with Crippen LogP contribution in [0.3, 0.4) is 0 Å². The number of amides is 2. The monoisotopic (exact) mass is 517 g/mol. The van der Waals surface area contributed by atoms with Gasteiger partial charge in [-0.1, -0.05) is 32.0 Å². The molecule has 2 N–H and O–H groups in total. The largest absolute Gasteiger partial charge is 0.496 e. The third kappa shape index (κ3) is 7.23. The van der Waals surface area contributed by atoms with Crippen LogP contribution in [0.4, 0.5) is 11.4 Å². The number of hydrogen-bond acceptors (Lipinski definition) is 7. The number of anilines is 1. The Morgan fingerprint density at radius 3 is 2.29 bits per heavy atom. The van der Waals surface area contributed by atoms with Gasteiger partial charge in [0.25, 0.3) is 17.5 Å². The molecule has 0 fully saturated rings.